The molecule has 4 rings (SSSR count). The van der Waals surface area contributed by atoms with E-state index in [0.29, 0.717) is 10.7 Å². The van der Waals surface area contributed by atoms with Gasteiger partial charge in [-0.05, 0) is 42.5 Å². The Kier molecular flexibility index (Phi) is 6.23. The number of benzene rings is 1. The van der Waals surface area contributed by atoms with Crippen LogP contribution in [0.4, 0.5) is 5.69 Å². The summed E-state index contributed by atoms with van der Waals surface area (Å²) >= 11 is 13.1. The van der Waals surface area contributed by atoms with E-state index >= 15 is 0 Å². The molecule has 30 heavy (non-hydrogen) atoms. The fourth-order valence-electron chi connectivity index (χ4n) is 4.78. The first-order valence-corrected chi connectivity index (χ1v) is 11.8. The summed E-state index contributed by atoms with van der Waals surface area (Å²) in [4.78, 5) is 51.0. The van der Waals surface area contributed by atoms with E-state index in [2.05, 4.69) is 37.2 Å². The Morgan fingerprint density at radius 2 is 1.63 bits per heavy atom. The van der Waals surface area contributed by atoms with Crippen LogP contribution in [0, 0.1) is 23.7 Å². The molecule has 1 aromatic rings. The van der Waals surface area contributed by atoms with Crippen molar-refractivity contribution in [2.24, 2.45) is 23.7 Å². The molecule has 1 aliphatic heterocycles. The van der Waals surface area contributed by atoms with Crippen LogP contribution in [-0.4, -0.2) is 51.4 Å². The second-order valence-corrected chi connectivity index (χ2v) is 10.3. The first-order valence-electron chi connectivity index (χ1n) is 9.62. The van der Waals surface area contributed by atoms with Crippen molar-refractivity contribution in [1.29, 1.82) is 0 Å². The molecule has 1 aromatic carbocycles. The molecular formula is C20H19Br2ClN2O5. The molecule has 3 aliphatic rings. The number of carbonyl (C=O) groups is 4. The normalized spacial score (nSPS) is 31.8. The molecule has 3 amide bonds. The number of likely N-dealkylation sites (tertiary alicyclic amines) is 1. The minimum absolute atomic E-state index is 0.0261. The molecular weight excluding hydrogens is 543 g/mol. The van der Waals surface area contributed by atoms with Crippen LogP contribution in [0.1, 0.15) is 12.8 Å². The summed E-state index contributed by atoms with van der Waals surface area (Å²) in [6.45, 7) is -0.475. The topological polar surface area (TPSA) is 92.8 Å². The van der Waals surface area contributed by atoms with Gasteiger partial charge in [-0.3, -0.25) is 24.1 Å². The molecule has 1 saturated heterocycles. The summed E-state index contributed by atoms with van der Waals surface area (Å²) in [5.74, 6) is -1.87. The smallest absolute Gasteiger partial charge is 0.308 e. The van der Waals surface area contributed by atoms with Gasteiger partial charge in [0, 0.05) is 26.9 Å². The summed E-state index contributed by atoms with van der Waals surface area (Å²) in [6, 6.07) is 6.52. The number of carbonyl (C=O) groups excluding carboxylic acids is 4. The van der Waals surface area contributed by atoms with E-state index in [-0.39, 0.29) is 58.1 Å². The molecule has 3 fully saturated rings. The van der Waals surface area contributed by atoms with Gasteiger partial charge in [0.25, 0.3) is 5.91 Å². The number of imide groups is 1. The van der Waals surface area contributed by atoms with Crippen LogP contribution >= 0.6 is 43.5 Å². The summed E-state index contributed by atoms with van der Waals surface area (Å²) in [7, 11) is 0. The van der Waals surface area contributed by atoms with Gasteiger partial charge in [-0.2, -0.15) is 0 Å². The van der Waals surface area contributed by atoms with Crippen molar-refractivity contribution >= 4 is 72.8 Å². The van der Waals surface area contributed by atoms with Crippen LogP contribution in [0.15, 0.2) is 24.3 Å². The Labute approximate surface area is 195 Å². The third kappa shape index (κ3) is 3.91. The van der Waals surface area contributed by atoms with Crippen molar-refractivity contribution in [2.75, 3.05) is 18.5 Å². The van der Waals surface area contributed by atoms with Crippen molar-refractivity contribution < 1.29 is 23.9 Å². The predicted octanol–water partition coefficient (Wildman–Crippen LogP) is 2.99. The average Bonchev–Trinajstić information content (AvgIpc) is 3.32. The van der Waals surface area contributed by atoms with Crippen LogP contribution < -0.4 is 5.32 Å². The van der Waals surface area contributed by atoms with Crippen molar-refractivity contribution in [1.82, 2.24) is 4.90 Å². The lowest BCUT2D eigenvalue weighted by Crippen LogP contribution is -2.37. The number of hydrogen-bond acceptors (Lipinski definition) is 5. The van der Waals surface area contributed by atoms with E-state index < -0.39 is 18.5 Å². The fourth-order valence-corrected chi connectivity index (χ4v) is 6.78. The zero-order valence-corrected chi connectivity index (χ0v) is 19.7. The lowest BCUT2D eigenvalue weighted by Gasteiger charge is -2.28. The standard InChI is InChI=1S/C20H19Br2ClN2O5/c21-17-11-7-12(18(17)22)16-15(11)19(28)25(20(16)29)6-5-14(27)30-8-13(26)24-10-3-1-9(23)2-4-10/h1-4,11-12,15-18H,5-8H2,(H,24,26)/t11-,12-,15-,16-,17+,18+/m1/s1. The molecule has 2 aliphatic carbocycles. The number of alkyl halides is 2. The Morgan fingerprint density at radius 1 is 1.07 bits per heavy atom. The molecule has 0 radical (unpaired) electrons. The van der Waals surface area contributed by atoms with Gasteiger partial charge in [-0.25, -0.2) is 0 Å². The minimum atomic E-state index is -0.640. The molecule has 2 bridgehead atoms. The third-order valence-corrected chi connectivity index (χ3v) is 9.57. The van der Waals surface area contributed by atoms with E-state index in [4.69, 9.17) is 16.3 Å². The maximum absolute atomic E-state index is 12.8. The SMILES string of the molecule is O=C(COC(=O)CCN1C(=O)[C@@H]2[C@H]3C[C@@H]([C@H](Br)[C@H]3Br)[C@H]2C1=O)Nc1ccc(Cl)cc1. The number of anilines is 1. The van der Waals surface area contributed by atoms with Gasteiger partial charge in [0.15, 0.2) is 6.61 Å². The molecule has 0 spiro atoms. The second kappa shape index (κ2) is 8.59. The number of nitrogens with zero attached hydrogens (tertiary/aromatic N) is 1. The van der Waals surface area contributed by atoms with E-state index in [9.17, 15) is 19.2 Å². The Bertz CT molecular complexity index is 864. The Hall–Kier alpha value is -1.45. The molecule has 7 nitrogen and oxygen atoms in total. The second-order valence-electron chi connectivity index (χ2n) is 7.80. The average molecular weight is 563 g/mol. The number of amides is 3. The zero-order chi connectivity index (χ0) is 21.6. The van der Waals surface area contributed by atoms with Gasteiger partial charge in [-0.1, -0.05) is 43.5 Å². The number of rotatable bonds is 6. The molecule has 2 saturated carbocycles. The maximum atomic E-state index is 12.8. The van der Waals surface area contributed by atoms with Gasteiger partial charge >= 0.3 is 5.97 Å². The summed E-state index contributed by atoms with van der Waals surface area (Å²) < 4.78 is 4.97. The van der Waals surface area contributed by atoms with Gasteiger partial charge in [0.05, 0.1) is 18.3 Å². The monoisotopic (exact) mass is 560 g/mol. The number of hydrogen-bond donors (Lipinski definition) is 1. The third-order valence-electron chi connectivity index (χ3n) is 6.11. The van der Waals surface area contributed by atoms with E-state index in [1.807, 2.05) is 0 Å². The lowest BCUT2D eigenvalue weighted by molar-refractivity contribution is -0.149. The molecule has 6 atom stereocenters. The van der Waals surface area contributed by atoms with Crippen LogP contribution in [0.2, 0.25) is 5.02 Å². The lowest BCUT2D eigenvalue weighted by atomic mass is 9.81. The summed E-state index contributed by atoms with van der Waals surface area (Å²) in [6.07, 6.45) is 0.715. The highest BCUT2D eigenvalue weighted by atomic mass is 79.9. The van der Waals surface area contributed by atoms with E-state index in [1.54, 1.807) is 24.3 Å². The van der Waals surface area contributed by atoms with Gasteiger partial charge in [0.1, 0.15) is 0 Å². The summed E-state index contributed by atoms with van der Waals surface area (Å²) in [5.41, 5.74) is 0.532. The summed E-state index contributed by atoms with van der Waals surface area (Å²) in [5, 5.41) is 3.13. The van der Waals surface area contributed by atoms with Crippen molar-refractivity contribution in [3.63, 3.8) is 0 Å². The molecule has 0 aromatic heterocycles. The number of ether oxygens (including phenoxy) is 1. The molecule has 10 heteroatoms. The largest absolute Gasteiger partial charge is 0.456 e. The first-order chi connectivity index (χ1) is 14.3. The van der Waals surface area contributed by atoms with Crippen LogP contribution in [0.5, 0.6) is 0 Å². The Balaban J connectivity index is 1.25. The number of fused-ring (bicyclic) bond motifs is 5. The molecule has 1 N–H and O–H groups in total. The van der Waals surface area contributed by atoms with E-state index in [0.717, 1.165) is 6.42 Å². The first kappa shape index (κ1) is 21.8. The molecule has 0 unspecified atom stereocenters. The van der Waals surface area contributed by atoms with Crippen LogP contribution in [0.25, 0.3) is 0 Å². The maximum Gasteiger partial charge on any atom is 0.308 e. The number of nitrogens with one attached hydrogen (secondary N) is 1. The van der Waals surface area contributed by atoms with E-state index in [1.165, 1.54) is 4.90 Å². The van der Waals surface area contributed by atoms with Crippen molar-refractivity contribution in [2.45, 2.75) is 22.5 Å². The zero-order valence-electron chi connectivity index (χ0n) is 15.7. The van der Waals surface area contributed by atoms with Crippen molar-refractivity contribution in [3.05, 3.63) is 29.3 Å². The highest BCUT2D eigenvalue weighted by Gasteiger charge is 2.66. The van der Waals surface area contributed by atoms with Crippen LogP contribution in [-0.2, 0) is 23.9 Å². The fraction of sp³-hybridized carbons (Fsp3) is 0.500. The molecule has 160 valence electrons. The Morgan fingerprint density at radius 3 is 2.20 bits per heavy atom. The van der Waals surface area contributed by atoms with Gasteiger partial charge < -0.3 is 10.1 Å². The van der Waals surface area contributed by atoms with Crippen molar-refractivity contribution in [3.8, 4) is 0 Å². The highest BCUT2D eigenvalue weighted by Crippen LogP contribution is 2.60. The number of esters is 1. The predicted molar refractivity (Wildman–Crippen MR) is 116 cm³/mol. The van der Waals surface area contributed by atoms with Crippen LogP contribution in [0.3, 0.4) is 0 Å². The minimum Gasteiger partial charge on any atom is -0.456 e. The molecule has 1 heterocycles. The quantitative estimate of drug-likeness (QED) is 0.327. The highest BCUT2D eigenvalue weighted by molar-refractivity contribution is 9.12. The van der Waals surface area contributed by atoms with Gasteiger partial charge in [0.2, 0.25) is 11.8 Å². The number of halogens is 3. The van der Waals surface area contributed by atoms with Gasteiger partial charge in [-0.15, -0.1) is 0 Å².